The molecule has 0 aromatic rings. The Labute approximate surface area is 86.8 Å². The van der Waals surface area contributed by atoms with E-state index in [1.807, 2.05) is 0 Å². The van der Waals surface area contributed by atoms with Crippen molar-refractivity contribution in [1.29, 1.82) is 0 Å². The zero-order chi connectivity index (χ0) is 9.78. The first-order valence-electron chi connectivity index (χ1n) is 4.30. The molecule has 0 saturated carbocycles. The summed E-state index contributed by atoms with van der Waals surface area (Å²) in [5, 5.41) is 7.58. The van der Waals surface area contributed by atoms with Gasteiger partial charge in [-0.25, -0.2) is 0 Å². The van der Waals surface area contributed by atoms with Crippen LogP contribution in [0.15, 0.2) is 9.98 Å². The fraction of sp³-hybridized carbons (Fsp3) is 0.750. The van der Waals surface area contributed by atoms with Crippen molar-refractivity contribution in [2.24, 2.45) is 9.98 Å². The molecule has 0 spiro atoms. The molecule has 0 N–H and O–H groups in total. The topological polar surface area (TPSA) is 52.9 Å². The van der Waals surface area contributed by atoms with Crippen molar-refractivity contribution < 1.29 is 0 Å². The van der Waals surface area contributed by atoms with Crippen LogP contribution in [0.3, 0.4) is 0 Å². The van der Waals surface area contributed by atoms with E-state index in [0.717, 1.165) is 26.2 Å². The predicted molar refractivity (Wildman–Crippen MR) is 60.7 cm³/mol. The fourth-order valence-electron chi connectivity index (χ4n) is 0.577. The van der Waals surface area contributed by atoms with E-state index in [0.29, 0.717) is 15.4 Å². The Hall–Kier alpha value is -0.517. The van der Waals surface area contributed by atoms with Crippen LogP contribution in [0.25, 0.3) is 10.6 Å². The number of hydrogen-bond donors (Lipinski definition) is 0. The van der Waals surface area contributed by atoms with Crippen LogP contribution < -0.4 is 0 Å². The van der Waals surface area contributed by atoms with Crippen molar-refractivity contribution in [2.45, 2.75) is 11.5 Å². The molecule has 2 radical (unpaired) electrons. The molecule has 13 heavy (non-hydrogen) atoms. The SMILES string of the molecule is C1=NCC[N-]1.C1=NCC[N-]1.[CH3][Ge][CH3]. The molecule has 5 heteroatoms. The van der Waals surface area contributed by atoms with Gasteiger partial charge in [-0.3, -0.25) is 0 Å². The summed E-state index contributed by atoms with van der Waals surface area (Å²) in [5.41, 5.74) is 0. The van der Waals surface area contributed by atoms with E-state index >= 15 is 0 Å². The van der Waals surface area contributed by atoms with Crippen LogP contribution in [-0.4, -0.2) is 54.3 Å². The molecule has 0 saturated heterocycles. The average Bonchev–Trinajstić information content (AvgIpc) is 2.85. The van der Waals surface area contributed by atoms with Gasteiger partial charge in [-0.1, -0.05) is 26.2 Å². The van der Waals surface area contributed by atoms with Crippen molar-refractivity contribution in [3.8, 4) is 0 Å². The summed E-state index contributed by atoms with van der Waals surface area (Å²) in [5.74, 6) is 4.50. The molecule has 0 unspecified atom stereocenters. The first-order chi connectivity index (χ1) is 6.41. The van der Waals surface area contributed by atoms with Gasteiger partial charge in [-0.15, -0.1) is 12.7 Å². The Kier molecular flexibility index (Phi) is 11.0. The average molecular weight is 241 g/mol. The van der Waals surface area contributed by atoms with Crippen LogP contribution in [0.5, 0.6) is 0 Å². The van der Waals surface area contributed by atoms with Crippen molar-refractivity contribution in [1.82, 2.24) is 0 Å². The Morgan fingerprint density at radius 3 is 1.46 bits per heavy atom. The van der Waals surface area contributed by atoms with Gasteiger partial charge in [-0.2, -0.15) is 0 Å². The molecule has 0 amide bonds. The van der Waals surface area contributed by atoms with E-state index < -0.39 is 0 Å². The Morgan fingerprint density at radius 1 is 1.00 bits per heavy atom. The molecule has 4 nitrogen and oxygen atoms in total. The standard InChI is InChI=1S/2C3H5N2.C2H6Ge/c2*1-2-5-3-4-1;1-3-2/h2*3H,1-2H2;1-2H3/q2*-1;. The maximum absolute atomic E-state index is 3.79. The summed E-state index contributed by atoms with van der Waals surface area (Å²) in [4.78, 5) is 7.58. The molecule has 0 aromatic carbocycles. The normalized spacial score (nSPS) is 16.2. The molecule has 0 aliphatic carbocycles. The molecule has 0 aromatic heterocycles. The number of rotatable bonds is 0. The monoisotopic (exact) mass is 242 g/mol. The zero-order valence-corrected chi connectivity index (χ0v) is 10.4. The second kappa shape index (κ2) is 11.5. The Bertz CT molecular complexity index is 119. The van der Waals surface area contributed by atoms with E-state index in [2.05, 4.69) is 32.1 Å². The molecule has 74 valence electrons. The molecule has 0 atom stereocenters. The third kappa shape index (κ3) is 11.5. The second-order valence-corrected chi connectivity index (χ2v) is 4.45. The van der Waals surface area contributed by atoms with Crippen molar-refractivity contribution >= 4 is 28.1 Å². The van der Waals surface area contributed by atoms with Crippen LogP contribution in [-0.2, 0) is 0 Å². The number of hydrogen-bond acceptors (Lipinski definition) is 2. The quantitative estimate of drug-likeness (QED) is 0.578. The van der Waals surface area contributed by atoms with Gasteiger partial charge in [0.05, 0.1) is 0 Å². The van der Waals surface area contributed by atoms with E-state index in [1.165, 1.54) is 0 Å². The maximum atomic E-state index is 3.79. The van der Waals surface area contributed by atoms with E-state index in [4.69, 9.17) is 0 Å². The minimum atomic E-state index is 0.500. The Balaban J connectivity index is 0.000000174. The summed E-state index contributed by atoms with van der Waals surface area (Å²) in [6.07, 6.45) is 3.22. The van der Waals surface area contributed by atoms with Crippen LogP contribution in [0, 0.1) is 0 Å². The van der Waals surface area contributed by atoms with Crippen molar-refractivity contribution in [3.05, 3.63) is 10.6 Å². The summed E-state index contributed by atoms with van der Waals surface area (Å²) >= 11 is 0.500. The summed E-state index contributed by atoms with van der Waals surface area (Å²) in [6, 6.07) is 0. The first kappa shape index (κ1) is 12.5. The van der Waals surface area contributed by atoms with Gasteiger partial charge in [0.1, 0.15) is 0 Å². The van der Waals surface area contributed by atoms with Crippen molar-refractivity contribution in [3.63, 3.8) is 0 Å². The third-order valence-electron chi connectivity index (χ3n) is 1.04. The van der Waals surface area contributed by atoms with E-state index in [1.54, 1.807) is 12.7 Å². The molecule has 2 aliphatic rings. The zero-order valence-electron chi connectivity index (χ0n) is 8.27. The Morgan fingerprint density at radius 2 is 1.38 bits per heavy atom. The van der Waals surface area contributed by atoms with Crippen LogP contribution in [0.4, 0.5) is 0 Å². The van der Waals surface area contributed by atoms with E-state index in [-0.39, 0.29) is 0 Å². The molecular weight excluding hydrogens is 225 g/mol. The van der Waals surface area contributed by atoms with Gasteiger partial charge in [0.2, 0.25) is 0 Å². The van der Waals surface area contributed by atoms with Gasteiger partial charge >= 0.3 is 26.9 Å². The number of nitrogens with zero attached hydrogens (tertiary/aromatic N) is 4. The molecular formula is C8H16GeN4-2. The number of aliphatic imine (C=N–C) groups is 2. The molecule has 2 heterocycles. The van der Waals surface area contributed by atoms with Gasteiger partial charge in [0.25, 0.3) is 0 Å². The summed E-state index contributed by atoms with van der Waals surface area (Å²) in [7, 11) is 0. The van der Waals surface area contributed by atoms with Gasteiger partial charge in [0, 0.05) is 0 Å². The summed E-state index contributed by atoms with van der Waals surface area (Å²) in [6.45, 7) is 3.61. The van der Waals surface area contributed by atoms with Gasteiger partial charge in [0.15, 0.2) is 0 Å². The van der Waals surface area contributed by atoms with Crippen molar-refractivity contribution in [2.75, 3.05) is 26.2 Å². The molecule has 2 rings (SSSR count). The third-order valence-corrected chi connectivity index (χ3v) is 1.04. The second-order valence-electron chi connectivity index (χ2n) is 2.36. The van der Waals surface area contributed by atoms with Gasteiger partial charge in [-0.05, 0) is 0 Å². The molecule has 2 aliphatic heterocycles. The van der Waals surface area contributed by atoms with Gasteiger partial charge < -0.3 is 20.6 Å². The molecule has 0 bridgehead atoms. The fourth-order valence-corrected chi connectivity index (χ4v) is 0.577. The summed E-state index contributed by atoms with van der Waals surface area (Å²) < 4.78 is 0. The first-order valence-corrected chi connectivity index (χ1v) is 8.49. The van der Waals surface area contributed by atoms with Crippen LogP contribution in [0.1, 0.15) is 0 Å². The predicted octanol–water partition coefficient (Wildman–Crippen LogP) is 1.59. The van der Waals surface area contributed by atoms with Crippen LogP contribution >= 0.6 is 0 Å². The molecule has 0 fully saturated rings. The van der Waals surface area contributed by atoms with Crippen LogP contribution in [0.2, 0.25) is 11.5 Å². The minimum absolute atomic E-state index is 0.500. The van der Waals surface area contributed by atoms with E-state index in [9.17, 15) is 0 Å².